The predicted molar refractivity (Wildman–Crippen MR) is 98.0 cm³/mol. The van der Waals surface area contributed by atoms with Crippen LogP contribution in [0.15, 0.2) is 59.3 Å². The molecule has 1 heterocycles. The van der Waals surface area contributed by atoms with Gasteiger partial charge in [0.15, 0.2) is 0 Å². The van der Waals surface area contributed by atoms with Crippen molar-refractivity contribution in [2.45, 2.75) is 13.1 Å². The fraction of sp³-hybridized carbons (Fsp3) is 0.158. The van der Waals surface area contributed by atoms with E-state index in [1.807, 2.05) is 6.92 Å². The second-order valence-electron chi connectivity index (χ2n) is 5.77. The smallest absolute Gasteiger partial charge is 0.416 e. The number of amides is 2. The van der Waals surface area contributed by atoms with Crippen LogP contribution in [0.4, 0.5) is 24.5 Å². The molecule has 146 valence electrons. The third-order valence-corrected chi connectivity index (χ3v) is 4.24. The summed E-state index contributed by atoms with van der Waals surface area (Å²) in [5.41, 5.74) is -0.940. The molecule has 2 amide bonds. The SMILES string of the molecule is CCOc1ccc(N2C(=O)C(Cl)=C(Nc3cccc(C(F)(F)F)c3)C2=O)cc1. The molecule has 5 nitrogen and oxygen atoms in total. The average molecular weight is 411 g/mol. The lowest BCUT2D eigenvalue weighted by Gasteiger charge is -2.16. The van der Waals surface area contributed by atoms with Crippen LogP contribution in [0, 0.1) is 0 Å². The Morgan fingerprint density at radius 3 is 2.36 bits per heavy atom. The Morgan fingerprint density at radius 2 is 1.75 bits per heavy atom. The van der Waals surface area contributed by atoms with Crippen LogP contribution in [0.2, 0.25) is 0 Å². The molecule has 2 aromatic carbocycles. The Morgan fingerprint density at radius 1 is 1.07 bits per heavy atom. The zero-order chi connectivity index (χ0) is 20.5. The number of nitrogens with zero attached hydrogens (tertiary/aromatic N) is 1. The zero-order valence-corrected chi connectivity index (χ0v) is 15.3. The Bertz CT molecular complexity index is 956. The van der Waals surface area contributed by atoms with Crippen LogP contribution in [0.3, 0.4) is 0 Å². The van der Waals surface area contributed by atoms with Crippen molar-refractivity contribution >= 4 is 34.8 Å². The second-order valence-corrected chi connectivity index (χ2v) is 6.14. The van der Waals surface area contributed by atoms with Gasteiger partial charge in [-0.25, -0.2) is 4.90 Å². The summed E-state index contributed by atoms with van der Waals surface area (Å²) in [5, 5.41) is 2.12. The van der Waals surface area contributed by atoms with Gasteiger partial charge in [-0.05, 0) is 49.4 Å². The average Bonchev–Trinajstić information content (AvgIpc) is 2.86. The van der Waals surface area contributed by atoms with Crippen LogP contribution in [0.25, 0.3) is 0 Å². The molecule has 0 aliphatic carbocycles. The van der Waals surface area contributed by atoms with Crippen LogP contribution in [0.5, 0.6) is 5.75 Å². The maximum Gasteiger partial charge on any atom is 0.416 e. The van der Waals surface area contributed by atoms with Crippen molar-refractivity contribution in [2.24, 2.45) is 0 Å². The lowest BCUT2D eigenvalue weighted by atomic mass is 10.2. The summed E-state index contributed by atoms with van der Waals surface area (Å²) in [7, 11) is 0. The highest BCUT2D eigenvalue weighted by atomic mass is 35.5. The molecule has 28 heavy (non-hydrogen) atoms. The monoisotopic (exact) mass is 410 g/mol. The standard InChI is InChI=1S/C19H14ClF3N2O3/c1-2-28-14-8-6-13(7-9-14)25-17(26)15(20)16(18(25)27)24-12-5-3-4-11(10-12)19(21,22)23/h3-10,24H,2H2,1H3. The first-order valence-electron chi connectivity index (χ1n) is 8.18. The van der Waals surface area contributed by atoms with Crippen molar-refractivity contribution in [2.75, 3.05) is 16.8 Å². The van der Waals surface area contributed by atoms with Crippen LogP contribution in [-0.4, -0.2) is 18.4 Å². The van der Waals surface area contributed by atoms with Crippen LogP contribution >= 0.6 is 11.6 Å². The fourth-order valence-electron chi connectivity index (χ4n) is 2.62. The summed E-state index contributed by atoms with van der Waals surface area (Å²) in [6.45, 7) is 2.27. The Kier molecular flexibility index (Phi) is 5.33. The van der Waals surface area contributed by atoms with Crippen molar-refractivity contribution in [1.82, 2.24) is 0 Å². The summed E-state index contributed by atoms with van der Waals surface area (Å²) in [4.78, 5) is 25.9. The van der Waals surface area contributed by atoms with Gasteiger partial charge in [-0.15, -0.1) is 0 Å². The van der Waals surface area contributed by atoms with Crippen molar-refractivity contribution in [3.63, 3.8) is 0 Å². The van der Waals surface area contributed by atoms with E-state index in [1.165, 1.54) is 24.3 Å². The molecule has 3 rings (SSSR count). The maximum atomic E-state index is 12.9. The van der Waals surface area contributed by atoms with E-state index in [1.54, 1.807) is 12.1 Å². The third kappa shape index (κ3) is 3.82. The van der Waals surface area contributed by atoms with E-state index >= 15 is 0 Å². The van der Waals surface area contributed by atoms with Crippen molar-refractivity contribution in [3.05, 3.63) is 64.8 Å². The van der Waals surface area contributed by atoms with Gasteiger partial charge in [-0.1, -0.05) is 17.7 Å². The summed E-state index contributed by atoms with van der Waals surface area (Å²) in [6, 6.07) is 10.5. The molecule has 0 bridgehead atoms. The van der Waals surface area contributed by atoms with E-state index in [9.17, 15) is 22.8 Å². The highest BCUT2D eigenvalue weighted by molar-refractivity contribution is 6.53. The van der Waals surface area contributed by atoms with E-state index < -0.39 is 28.6 Å². The minimum Gasteiger partial charge on any atom is -0.494 e. The highest BCUT2D eigenvalue weighted by Gasteiger charge is 2.39. The number of halogens is 4. The topological polar surface area (TPSA) is 58.6 Å². The number of anilines is 2. The number of alkyl halides is 3. The van der Waals surface area contributed by atoms with Crippen molar-refractivity contribution < 1.29 is 27.5 Å². The van der Waals surface area contributed by atoms with Gasteiger partial charge in [0.1, 0.15) is 16.5 Å². The molecular formula is C19H14ClF3N2O3. The summed E-state index contributed by atoms with van der Waals surface area (Å²) < 4.78 is 43.9. The molecule has 0 saturated heterocycles. The second kappa shape index (κ2) is 7.55. The number of imide groups is 1. The quantitative estimate of drug-likeness (QED) is 0.735. The van der Waals surface area contributed by atoms with Gasteiger partial charge in [-0.3, -0.25) is 9.59 Å². The molecule has 0 unspecified atom stereocenters. The minimum atomic E-state index is -4.54. The number of rotatable bonds is 5. The van der Waals surface area contributed by atoms with Gasteiger partial charge in [0.2, 0.25) is 0 Å². The third-order valence-electron chi connectivity index (χ3n) is 3.89. The van der Waals surface area contributed by atoms with Gasteiger partial charge in [-0.2, -0.15) is 13.2 Å². The molecule has 0 fully saturated rings. The van der Waals surface area contributed by atoms with Gasteiger partial charge < -0.3 is 10.1 Å². The molecular weight excluding hydrogens is 397 g/mol. The lowest BCUT2D eigenvalue weighted by Crippen LogP contribution is -2.32. The fourth-order valence-corrected chi connectivity index (χ4v) is 2.83. The molecule has 9 heteroatoms. The number of hydrogen-bond donors (Lipinski definition) is 1. The summed E-state index contributed by atoms with van der Waals surface area (Å²) in [6.07, 6.45) is -4.54. The van der Waals surface area contributed by atoms with Crippen LogP contribution in [0.1, 0.15) is 12.5 Å². The highest BCUT2D eigenvalue weighted by Crippen LogP contribution is 2.33. The molecule has 0 atom stereocenters. The number of nitrogens with one attached hydrogen (secondary N) is 1. The largest absolute Gasteiger partial charge is 0.494 e. The first kappa shape index (κ1) is 19.8. The maximum absolute atomic E-state index is 12.9. The first-order chi connectivity index (χ1) is 13.2. The predicted octanol–water partition coefficient (Wildman–Crippen LogP) is 4.54. The normalized spacial score (nSPS) is 14.7. The lowest BCUT2D eigenvalue weighted by molar-refractivity contribution is -0.137. The molecule has 2 aromatic rings. The van der Waals surface area contributed by atoms with Crippen molar-refractivity contribution in [1.29, 1.82) is 0 Å². The van der Waals surface area contributed by atoms with E-state index in [2.05, 4.69) is 5.32 Å². The number of ether oxygens (including phenoxy) is 1. The zero-order valence-electron chi connectivity index (χ0n) is 14.5. The van der Waals surface area contributed by atoms with E-state index in [-0.39, 0.29) is 17.1 Å². The van der Waals surface area contributed by atoms with Crippen LogP contribution < -0.4 is 15.0 Å². The minimum absolute atomic E-state index is 0.0160. The number of hydrogen-bond acceptors (Lipinski definition) is 4. The Labute approximate surface area is 163 Å². The molecule has 1 aliphatic heterocycles. The van der Waals surface area contributed by atoms with E-state index in [0.717, 1.165) is 17.0 Å². The van der Waals surface area contributed by atoms with Crippen molar-refractivity contribution in [3.8, 4) is 5.75 Å². The Hall–Kier alpha value is -3.00. The van der Waals surface area contributed by atoms with E-state index in [4.69, 9.17) is 16.3 Å². The van der Waals surface area contributed by atoms with Crippen LogP contribution in [-0.2, 0) is 15.8 Å². The summed E-state index contributed by atoms with van der Waals surface area (Å²) in [5.74, 6) is -0.978. The first-order valence-corrected chi connectivity index (χ1v) is 8.56. The Balaban J connectivity index is 1.85. The van der Waals surface area contributed by atoms with Gasteiger partial charge in [0, 0.05) is 5.69 Å². The molecule has 1 aliphatic rings. The molecule has 0 saturated carbocycles. The number of carbonyl (C=O) groups is 2. The van der Waals surface area contributed by atoms with Gasteiger partial charge in [0.25, 0.3) is 11.8 Å². The molecule has 0 spiro atoms. The van der Waals surface area contributed by atoms with Gasteiger partial charge in [0.05, 0.1) is 17.9 Å². The molecule has 0 aromatic heterocycles. The molecule has 0 radical (unpaired) electrons. The summed E-state index contributed by atoms with van der Waals surface area (Å²) >= 11 is 5.99. The number of benzene rings is 2. The van der Waals surface area contributed by atoms with Gasteiger partial charge >= 0.3 is 6.18 Å². The van der Waals surface area contributed by atoms with E-state index in [0.29, 0.717) is 12.4 Å². The molecule has 1 N–H and O–H groups in total. The number of carbonyl (C=O) groups excluding carboxylic acids is 2.